The van der Waals surface area contributed by atoms with Crippen LogP contribution in [0.15, 0.2) is 22.7 Å². The minimum Gasteiger partial charge on any atom is -0.371 e. The van der Waals surface area contributed by atoms with Crippen LogP contribution in [0, 0.1) is 17.2 Å². The largest absolute Gasteiger partial charge is 0.371 e. The number of nitrogens with zero attached hydrogens (tertiary/aromatic N) is 2. The molecule has 2 rings (SSSR count). The van der Waals surface area contributed by atoms with Crippen molar-refractivity contribution in [1.82, 2.24) is 0 Å². The maximum absolute atomic E-state index is 8.83. The van der Waals surface area contributed by atoms with Crippen molar-refractivity contribution in [1.29, 1.82) is 5.26 Å². The Morgan fingerprint density at radius 2 is 2.12 bits per heavy atom. The fourth-order valence-electron chi connectivity index (χ4n) is 2.24. The summed E-state index contributed by atoms with van der Waals surface area (Å²) in [7, 11) is 0. The number of anilines is 1. The molecule has 1 aromatic rings. The lowest BCUT2D eigenvalue weighted by atomic mass is 9.96. The van der Waals surface area contributed by atoms with E-state index in [2.05, 4.69) is 26.9 Å². The van der Waals surface area contributed by atoms with Gasteiger partial charge in [0.05, 0.1) is 17.3 Å². The molecule has 0 unspecified atom stereocenters. The predicted octanol–water partition coefficient (Wildman–Crippen LogP) is 2.50. The topological polar surface area (TPSA) is 53.0 Å². The van der Waals surface area contributed by atoms with E-state index >= 15 is 0 Å². The van der Waals surface area contributed by atoms with Crippen molar-refractivity contribution in [2.45, 2.75) is 12.8 Å². The maximum Gasteiger partial charge on any atom is 0.0992 e. The summed E-state index contributed by atoms with van der Waals surface area (Å²) in [4.78, 5) is 2.36. The molecule has 2 N–H and O–H groups in total. The third-order valence-electron chi connectivity index (χ3n) is 3.37. The molecule has 0 aromatic heterocycles. The van der Waals surface area contributed by atoms with Crippen LogP contribution in [0.1, 0.15) is 18.4 Å². The Morgan fingerprint density at radius 1 is 1.41 bits per heavy atom. The number of hydrogen-bond acceptors (Lipinski definition) is 3. The zero-order valence-electron chi connectivity index (χ0n) is 9.69. The van der Waals surface area contributed by atoms with Crippen LogP contribution in [0.25, 0.3) is 0 Å². The Bertz CT molecular complexity index is 431. The van der Waals surface area contributed by atoms with Crippen molar-refractivity contribution >= 4 is 21.6 Å². The normalized spacial score (nSPS) is 16.9. The maximum atomic E-state index is 8.83. The van der Waals surface area contributed by atoms with Crippen LogP contribution in [0.5, 0.6) is 0 Å². The Labute approximate surface area is 110 Å². The molecule has 1 aliphatic heterocycles. The van der Waals surface area contributed by atoms with Crippen molar-refractivity contribution in [2.24, 2.45) is 11.7 Å². The molecule has 0 atom stereocenters. The summed E-state index contributed by atoms with van der Waals surface area (Å²) in [6.45, 7) is 2.89. The van der Waals surface area contributed by atoms with Crippen LogP contribution in [0.3, 0.4) is 0 Å². The van der Waals surface area contributed by atoms with Crippen LogP contribution < -0.4 is 10.6 Å². The van der Waals surface area contributed by atoms with Crippen molar-refractivity contribution in [2.75, 3.05) is 24.5 Å². The molecular weight excluding hydrogens is 278 g/mol. The van der Waals surface area contributed by atoms with Crippen LogP contribution in [0.4, 0.5) is 5.69 Å². The first-order valence-corrected chi connectivity index (χ1v) is 6.68. The van der Waals surface area contributed by atoms with Gasteiger partial charge in [-0.2, -0.15) is 5.26 Å². The van der Waals surface area contributed by atoms with Gasteiger partial charge in [-0.05, 0) is 59.4 Å². The smallest absolute Gasteiger partial charge is 0.0992 e. The minimum atomic E-state index is 0.670. The van der Waals surface area contributed by atoms with E-state index in [4.69, 9.17) is 11.0 Å². The first-order valence-electron chi connectivity index (χ1n) is 5.89. The first kappa shape index (κ1) is 12.4. The number of benzene rings is 1. The van der Waals surface area contributed by atoms with Gasteiger partial charge in [-0.1, -0.05) is 0 Å². The fourth-order valence-corrected chi connectivity index (χ4v) is 2.87. The zero-order chi connectivity index (χ0) is 12.3. The molecule has 3 nitrogen and oxygen atoms in total. The summed E-state index contributed by atoms with van der Waals surface area (Å²) >= 11 is 3.54. The van der Waals surface area contributed by atoms with E-state index < -0.39 is 0 Å². The van der Waals surface area contributed by atoms with E-state index in [9.17, 15) is 0 Å². The van der Waals surface area contributed by atoms with Gasteiger partial charge in [0.25, 0.3) is 0 Å². The van der Waals surface area contributed by atoms with Gasteiger partial charge in [-0.3, -0.25) is 0 Å². The Kier molecular flexibility index (Phi) is 4.03. The van der Waals surface area contributed by atoms with E-state index in [1.54, 1.807) is 0 Å². The first-order chi connectivity index (χ1) is 8.24. The molecule has 0 saturated carbocycles. The Morgan fingerprint density at radius 3 is 2.65 bits per heavy atom. The lowest BCUT2D eigenvalue weighted by Crippen LogP contribution is -2.36. The van der Waals surface area contributed by atoms with Gasteiger partial charge in [0.1, 0.15) is 0 Å². The lowest BCUT2D eigenvalue weighted by Gasteiger charge is -2.33. The number of piperidine rings is 1. The monoisotopic (exact) mass is 293 g/mol. The second kappa shape index (κ2) is 5.52. The molecule has 4 heteroatoms. The van der Waals surface area contributed by atoms with E-state index in [-0.39, 0.29) is 0 Å². The third-order valence-corrected chi connectivity index (χ3v) is 4.00. The van der Waals surface area contributed by atoms with Crippen molar-refractivity contribution in [3.63, 3.8) is 0 Å². The third kappa shape index (κ3) is 2.80. The molecule has 1 aliphatic rings. The van der Waals surface area contributed by atoms with Gasteiger partial charge in [-0.15, -0.1) is 0 Å². The summed E-state index contributed by atoms with van der Waals surface area (Å²) in [5.74, 6) is 0.670. The van der Waals surface area contributed by atoms with E-state index in [0.29, 0.717) is 11.5 Å². The molecular formula is C13H16BrN3. The van der Waals surface area contributed by atoms with Crippen molar-refractivity contribution in [3.05, 3.63) is 28.2 Å². The van der Waals surface area contributed by atoms with Crippen molar-refractivity contribution in [3.8, 4) is 6.07 Å². The summed E-state index contributed by atoms with van der Waals surface area (Å²) in [5.41, 5.74) is 7.56. The molecule has 0 bridgehead atoms. The van der Waals surface area contributed by atoms with E-state index in [1.165, 1.54) is 5.69 Å². The number of halogens is 1. The molecule has 0 amide bonds. The highest BCUT2D eigenvalue weighted by Gasteiger charge is 2.19. The molecule has 0 aliphatic carbocycles. The van der Waals surface area contributed by atoms with Crippen LogP contribution >= 0.6 is 15.9 Å². The molecule has 17 heavy (non-hydrogen) atoms. The van der Waals surface area contributed by atoms with Gasteiger partial charge in [0.2, 0.25) is 0 Å². The fraction of sp³-hybridized carbons (Fsp3) is 0.462. The van der Waals surface area contributed by atoms with E-state index in [1.807, 2.05) is 18.2 Å². The summed E-state index contributed by atoms with van der Waals surface area (Å²) in [5, 5.41) is 8.83. The lowest BCUT2D eigenvalue weighted by molar-refractivity contribution is 0.414. The van der Waals surface area contributed by atoms with Gasteiger partial charge in [0.15, 0.2) is 0 Å². The molecule has 0 radical (unpaired) electrons. The highest BCUT2D eigenvalue weighted by Crippen LogP contribution is 2.30. The molecule has 1 fully saturated rings. The average molecular weight is 294 g/mol. The highest BCUT2D eigenvalue weighted by molar-refractivity contribution is 9.10. The summed E-state index contributed by atoms with van der Waals surface area (Å²) in [6.07, 6.45) is 2.31. The number of rotatable bonds is 2. The molecule has 1 saturated heterocycles. The second-order valence-corrected chi connectivity index (χ2v) is 5.30. The number of hydrogen-bond donors (Lipinski definition) is 1. The van der Waals surface area contributed by atoms with Crippen LogP contribution in [-0.4, -0.2) is 19.6 Å². The second-order valence-electron chi connectivity index (χ2n) is 4.44. The molecule has 90 valence electrons. The van der Waals surface area contributed by atoms with Crippen LogP contribution in [-0.2, 0) is 0 Å². The van der Waals surface area contributed by atoms with Crippen LogP contribution in [0.2, 0.25) is 0 Å². The number of nitriles is 1. The molecule has 1 aromatic carbocycles. The zero-order valence-corrected chi connectivity index (χ0v) is 11.3. The molecule has 0 spiro atoms. The van der Waals surface area contributed by atoms with Gasteiger partial charge in [-0.25, -0.2) is 0 Å². The van der Waals surface area contributed by atoms with Gasteiger partial charge in [0, 0.05) is 17.6 Å². The SMILES string of the molecule is N#Cc1ccc(N2CCC(CN)CC2)c(Br)c1. The highest BCUT2D eigenvalue weighted by atomic mass is 79.9. The van der Waals surface area contributed by atoms with Crippen molar-refractivity contribution < 1.29 is 0 Å². The van der Waals surface area contributed by atoms with E-state index in [0.717, 1.165) is 36.9 Å². The quantitative estimate of drug-likeness (QED) is 0.911. The average Bonchev–Trinajstić information content (AvgIpc) is 2.39. The predicted molar refractivity (Wildman–Crippen MR) is 72.8 cm³/mol. The standard InChI is InChI=1S/C13H16BrN3/c14-12-7-11(9-16)1-2-13(12)17-5-3-10(8-15)4-6-17/h1-2,7,10H,3-6,8,15H2. The summed E-state index contributed by atoms with van der Waals surface area (Å²) < 4.78 is 1.00. The van der Waals surface area contributed by atoms with Gasteiger partial charge >= 0.3 is 0 Å². The Balaban J connectivity index is 2.11. The minimum absolute atomic E-state index is 0.670. The van der Waals surface area contributed by atoms with Gasteiger partial charge < -0.3 is 10.6 Å². The number of nitrogens with two attached hydrogens (primary N) is 1. The Hall–Kier alpha value is -1.05. The molecule has 1 heterocycles. The summed E-state index contributed by atoms with van der Waals surface area (Å²) in [6, 6.07) is 7.92.